The van der Waals surface area contributed by atoms with Crippen molar-refractivity contribution >= 4 is 11.9 Å². The minimum Gasteiger partial charge on any atom is -0.497 e. The molecule has 0 atom stereocenters. The predicted molar refractivity (Wildman–Crippen MR) is 90.3 cm³/mol. The van der Waals surface area contributed by atoms with Gasteiger partial charge in [-0.2, -0.15) is 0 Å². The maximum Gasteiger partial charge on any atom is 0.315 e. The smallest absolute Gasteiger partial charge is 0.315 e. The van der Waals surface area contributed by atoms with Gasteiger partial charge in [-0.05, 0) is 37.1 Å². The van der Waals surface area contributed by atoms with E-state index in [9.17, 15) is 9.59 Å². The molecule has 1 aliphatic rings. The minimum atomic E-state index is -0.171. The molecule has 1 aliphatic carbocycles. The molecule has 132 valence electrons. The highest BCUT2D eigenvalue weighted by molar-refractivity contribution is 5.75. The van der Waals surface area contributed by atoms with Crippen LogP contribution in [-0.2, 0) is 4.79 Å². The van der Waals surface area contributed by atoms with E-state index >= 15 is 0 Å². The largest absolute Gasteiger partial charge is 0.497 e. The summed E-state index contributed by atoms with van der Waals surface area (Å²) in [5, 5.41) is 5.60. The van der Waals surface area contributed by atoms with Crippen LogP contribution in [0.3, 0.4) is 0 Å². The normalized spacial score (nSPS) is 13.1. The molecule has 0 saturated heterocycles. The van der Waals surface area contributed by atoms with Crippen LogP contribution in [0.25, 0.3) is 0 Å². The van der Waals surface area contributed by atoms with Gasteiger partial charge in [0.2, 0.25) is 5.91 Å². The van der Waals surface area contributed by atoms with E-state index in [1.54, 1.807) is 12.0 Å². The Morgan fingerprint density at radius 1 is 1.17 bits per heavy atom. The van der Waals surface area contributed by atoms with Gasteiger partial charge in [0, 0.05) is 26.1 Å². The van der Waals surface area contributed by atoms with Crippen LogP contribution in [0.5, 0.6) is 11.5 Å². The number of carbonyl (C=O) groups is 2. The second-order valence-electron chi connectivity index (χ2n) is 5.70. The van der Waals surface area contributed by atoms with Crippen LogP contribution in [0.4, 0.5) is 4.79 Å². The molecule has 2 N–H and O–H groups in total. The fraction of sp³-hybridized carbons (Fsp3) is 0.529. The first-order chi connectivity index (χ1) is 11.6. The summed E-state index contributed by atoms with van der Waals surface area (Å²) in [5.74, 6) is 1.45. The molecule has 7 heteroatoms. The molecule has 1 aromatic rings. The first-order valence-electron chi connectivity index (χ1n) is 8.15. The lowest BCUT2D eigenvalue weighted by molar-refractivity contribution is -0.129. The second kappa shape index (κ2) is 9.00. The average molecular weight is 335 g/mol. The summed E-state index contributed by atoms with van der Waals surface area (Å²) < 4.78 is 10.7. The third-order valence-electron chi connectivity index (χ3n) is 3.71. The van der Waals surface area contributed by atoms with Crippen LogP contribution in [0.1, 0.15) is 19.8 Å². The highest BCUT2D eigenvalue weighted by Gasteiger charge is 2.23. The summed E-state index contributed by atoms with van der Waals surface area (Å²) in [5.41, 5.74) is 0. The molecule has 1 aromatic carbocycles. The van der Waals surface area contributed by atoms with Gasteiger partial charge in [-0.3, -0.25) is 4.79 Å². The van der Waals surface area contributed by atoms with Gasteiger partial charge in [0.15, 0.2) is 0 Å². The fourth-order valence-electron chi connectivity index (χ4n) is 2.14. The van der Waals surface area contributed by atoms with Crippen LogP contribution in [-0.4, -0.2) is 56.2 Å². The molecule has 0 unspecified atom stereocenters. The Balaban J connectivity index is 1.66. The summed E-state index contributed by atoms with van der Waals surface area (Å²) in [6.07, 6.45) is 2.10. The Morgan fingerprint density at radius 2 is 1.83 bits per heavy atom. The van der Waals surface area contributed by atoms with Crippen molar-refractivity contribution in [1.29, 1.82) is 0 Å². The molecule has 0 heterocycles. The topological polar surface area (TPSA) is 79.9 Å². The molecular weight excluding hydrogens is 310 g/mol. The van der Waals surface area contributed by atoms with Crippen LogP contribution in [0.15, 0.2) is 24.3 Å². The van der Waals surface area contributed by atoms with Crippen molar-refractivity contribution in [2.75, 3.05) is 33.4 Å². The van der Waals surface area contributed by atoms with Gasteiger partial charge in [0.1, 0.15) is 18.1 Å². The van der Waals surface area contributed by atoms with Gasteiger partial charge in [0.05, 0.1) is 13.7 Å². The molecule has 3 amide bonds. The zero-order valence-electron chi connectivity index (χ0n) is 14.2. The lowest BCUT2D eigenvalue weighted by atomic mass is 10.3. The molecule has 1 fully saturated rings. The molecule has 0 aliphatic heterocycles. The van der Waals surface area contributed by atoms with E-state index < -0.39 is 0 Å². The predicted octanol–water partition coefficient (Wildman–Crippen LogP) is 1.38. The van der Waals surface area contributed by atoms with Crippen LogP contribution >= 0.6 is 0 Å². The van der Waals surface area contributed by atoms with Gasteiger partial charge in [0.25, 0.3) is 0 Å². The Bertz CT molecular complexity index is 543. The van der Waals surface area contributed by atoms with Gasteiger partial charge >= 0.3 is 6.03 Å². The molecule has 0 bridgehead atoms. The summed E-state index contributed by atoms with van der Waals surface area (Å²) in [6.45, 7) is 3.24. The molecule has 0 radical (unpaired) electrons. The van der Waals surface area contributed by atoms with E-state index in [0.717, 1.165) is 24.3 Å². The van der Waals surface area contributed by atoms with Gasteiger partial charge < -0.3 is 25.0 Å². The number of hydrogen-bond donors (Lipinski definition) is 2. The number of carbonyl (C=O) groups excluding carboxylic acids is 2. The summed E-state index contributed by atoms with van der Waals surface area (Å²) in [4.78, 5) is 24.8. The molecule has 7 nitrogen and oxygen atoms in total. The third kappa shape index (κ3) is 6.36. The van der Waals surface area contributed by atoms with Crippen LogP contribution in [0.2, 0.25) is 0 Å². The highest BCUT2D eigenvalue weighted by atomic mass is 16.5. The molecule has 24 heavy (non-hydrogen) atoms. The SMILES string of the molecule is COc1ccc(OCCN(CCNC(=O)NC2CC2)C(C)=O)cc1. The molecular formula is C17H25N3O4. The van der Waals surface area contributed by atoms with Crippen molar-refractivity contribution in [2.45, 2.75) is 25.8 Å². The maximum atomic E-state index is 11.7. The first-order valence-corrected chi connectivity index (χ1v) is 8.15. The van der Waals surface area contributed by atoms with E-state index in [2.05, 4.69) is 10.6 Å². The number of benzene rings is 1. The molecule has 2 rings (SSSR count). The lowest BCUT2D eigenvalue weighted by Gasteiger charge is -2.21. The van der Waals surface area contributed by atoms with Crippen molar-refractivity contribution in [3.05, 3.63) is 24.3 Å². The van der Waals surface area contributed by atoms with Gasteiger partial charge in [-0.15, -0.1) is 0 Å². The number of methoxy groups -OCH3 is 1. The van der Waals surface area contributed by atoms with Crippen molar-refractivity contribution in [2.24, 2.45) is 0 Å². The van der Waals surface area contributed by atoms with Crippen molar-refractivity contribution in [3.63, 3.8) is 0 Å². The van der Waals surface area contributed by atoms with Gasteiger partial charge in [-0.25, -0.2) is 4.79 Å². The van der Waals surface area contributed by atoms with E-state index in [4.69, 9.17) is 9.47 Å². The van der Waals surface area contributed by atoms with Crippen LogP contribution in [0, 0.1) is 0 Å². The Hall–Kier alpha value is -2.44. The monoisotopic (exact) mass is 335 g/mol. The van der Waals surface area contributed by atoms with E-state index in [0.29, 0.717) is 32.3 Å². The van der Waals surface area contributed by atoms with E-state index in [1.807, 2.05) is 24.3 Å². The minimum absolute atomic E-state index is 0.0438. The third-order valence-corrected chi connectivity index (χ3v) is 3.71. The summed E-state index contributed by atoms with van der Waals surface area (Å²) in [6, 6.07) is 7.44. The zero-order valence-corrected chi connectivity index (χ0v) is 14.2. The second-order valence-corrected chi connectivity index (χ2v) is 5.70. The van der Waals surface area contributed by atoms with Crippen LogP contribution < -0.4 is 20.1 Å². The number of ether oxygens (including phenoxy) is 2. The number of urea groups is 1. The van der Waals surface area contributed by atoms with Crippen molar-refractivity contribution in [1.82, 2.24) is 15.5 Å². The highest BCUT2D eigenvalue weighted by Crippen LogP contribution is 2.18. The maximum absolute atomic E-state index is 11.7. The summed E-state index contributed by atoms with van der Waals surface area (Å²) in [7, 11) is 1.61. The molecule has 0 spiro atoms. The molecule has 1 saturated carbocycles. The van der Waals surface area contributed by atoms with Crippen molar-refractivity contribution < 1.29 is 19.1 Å². The zero-order chi connectivity index (χ0) is 17.4. The Kier molecular flexibility index (Phi) is 6.72. The molecule has 0 aromatic heterocycles. The fourth-order valence-corrected chi connectivity index (χ4v) is 2.14. The quantitative estimate of drug-likeness (QED) is 0.715. The lowest BCUT2D eigenvalue weighted by Crippen LogP contribution is -2.43. The standard InChI is InChI=1S/C17H25N3O4/c1-13(21)20(10-9-18-17(22)19-14-3-4-14)11-12-24-16-7-5-15(23-2)6-8-16/h5-8,14H,3-4,9-12H2,1-2H3,(H2,18,19,22). The number of amides is 3. The van der Waals surface area contributed by atoms with E-state index in [1.165, 1.54) is 6.92 Å². The van der Waals surface area contributed by atoms with Crippen molar-refractivity contribution in [3.8, 4) is 11.5 Å². The number of rotatable bonds is 9. The first kappa shape index (κ1) is 17.9. The average Bonchev–Trinajstić information content (AvgIpc) is 3.37. The Morgan fingerprint density at radius 3 is 2.42 bits per heavy atom. The van der Waals surface area contributed by atoms with E-state index in [-0.39, 0.29) is 11.9 Å². The summed E-state index contributed by atoms with van der Waals surface area (Å²) >= 11 is 0. The number of nitrogens with one attached hydrogen (secondary N) is 2. The van der Waals surface area contributed by atoms with Gasteiger partial charge in [-0.1, -0.05) is 0 Å². The number of nitrogens with zero attached hydrogens (tertiary/aromatic N) is 1. The Labute approximate surface area is 142 Å². The number of hydrogen-bond acceptors (Lipinski definition) is 4.